The topological polar surface area (TPSA) is 20.2 Å². The number of aliphatic hydroxyl groups is 1. The van der Waals surface area contributed by atoms with Gasteiger partial charge < -0.3 is 5.11 Å². The molecule has 0 fully saturated rings. The molecule has 1 nitrogen and oxygen atoms in total. The fourth-order valence-electron chi connectivity index (χ4n) is 2.33. The summed E-state index contributed by atoms with van der Waals surface area (Å²) in [5, 5.41) is 10.2. The van der Waals surface area contributed by atoms with Gasteiger partial charge in [-0.2, -0.15) is 13.2 Å². The third kappa shape index (κ3) is 4.26. The van der Waals surface area contributed by atoms with Crippen molar-refractivity contribution in [2.75, 3.05) is 0 Å². The normalized spacial score (nSPS) is 14.0. The Morgan fingerprint density at radius 3 is 2.52 bits per heavy atom. The van der Waals surface area contributed by atoms with E-state index in [1.807, 2.05) is 13.0 Å². The van der Waals surface area contributed by atoms with Crippen molar-refractivity contribution in [2.45, 2.75) is 26.4 Å². The molecule has 0 saturated heterocycles. The molecule has 1 aromatic heterocycles. The van der Waals surface area contributed by atoms with Gasteiger partial charge in [-0.05, 0) is 60.9 Å². The van der Waals surface area contributed by atoms with Crippen molar-refractivity contribution < 1.29 is 18.3 Å². The van der Waals surface area contributed by atoms with Gasteiger partial charge in [-0.15, -0.1) is 11.3 Å². The van der Waals surface area contributed by atoms with Crippen molar-refractivity contribution in [1.29, 1.82) is 0 Å². The SMILES string of the molecule is C=c1sc(C)c/c1=C(/C/C=C(\C)O)c1cccc(C(F)(F)F)c1. The molecule has 1 N–H and O–H groups in total. The van der Waals surface area contributed by atoms with Crippen LogP contribution in [0.3, 0.4) is 0 Å². The van der Waals surface area contributed by atoms with E-state index in [9.17, 15) is 18.3 Å². The van der Waals surface area contributed by atoms with Crippen LogP contribution in [0.25, 0.3) is 12.2 Å². The van der Waals surface area contributed by atoms with Crippen LogP contribution in [-0.4, -0.2) is 5.11 Å². The molecule has 0 amide bonds. The summed E-state index contributed by atoms with van der Waals surface area (Å²) in [6, 6.07) is 7.16. The van der Waals surface area contributed by atoms with Crippen LogP contribution in [0.1, 0.15) is 29.3 Å². The van der Waals surface area contributed by atoms with Gasteiger partial charge in [0.1, 0.15) is 0 Å². The lowest BCUT2D eigenvalue weighted by Gasteiger charge is -2.10. The van der Waals surface area contributed by atoms with Crippen LogP contribution in [0, 0.1) is 6.92 Å². The van der Waals surface area contributed by atoms with Crippen molar-refractivity contribution in [2.24, 2.45) is 0 Å². The molecular formula is C18H17F3OS. The third-order valence-electron chi connectivity index (χ3n) is 3.40. The third-order valence-corrected chi connectivity index (χ3v) is 4.30. The molecule has 0 spiro atoms. The van der Waals surface area contributed by atoms with Crippen molar-refractivity contribution in [3.63, 3.8) is 0 Å². The summed E-state index contributed by atoms with van der Waals surface area (Å²) in [5.41, 5.74) is 0.522. The van der Waals surface area contributed by atoms with E-state index in [4.69, 9.17) is 0 Å². The largest absolute Gasteiger partial charge is 0.513 e. The maximum atomic E-state index is 13.0. The van der Waals surface area contributed by atoms with Crippen LogP contribution in [0.5, 0.6) is 0 Å². The first-order valence-corrected chi connectivity index (χ1v) is 7.82. The van der Waals surface area contributed by atoms with Gasteiger partial charge in [0.25, 0.3) is 0 Å². The highest BCUT2D eigenvalue weighted by Crippen LogP contribution is 2.31. The summed E-state index contributed by atoms with van der Waals surface area (Å²) in [6.07, 6.45) is -2.47. The second-order valence-corrected chi connectivity index (χ2v) is 6.64. The second kappa shape index (κ2) is 6.62. The summed E-state index contributed by atoms with van der Waals surface area (Å²) >= 11 is 1.50. The van der Waals surface area contributed by atoms with E-state index < -0.39 is 11.7 Å². The summed E-state index contributed by atoms with van der Waals surface area (Å²) in [4.78, 5) is 1.04. The first-order chi connectivity index (χ1) is 10.7. The summed E-state index contributed by atoms with van der Waals surface area (Å²) in [7, 11) is 0. The smallest absolute Gasteiger partial charge is 0.416 e. The number of hydrogen-bond donors (Lipinski definition) is 1. The maximum absolute atomic E-state index is 13.0. The van der Waals surface area contributed by atoms with E-state index in [-0.39, 0.29) is 5.76 Å². The second-order valence-electron chi connectivity index (χ2n) is 5.30. The Morgan fingerprint density at radius 1 is 1.30 bits per heavy atom. The van der Waals surface area contributed by atoms with Crippen molar-refractivity contribution in [3.8, 4) is 0 Å². The summed E-state index contributed by atoms with van der Waals surface area (Å²) in [6.45, 7) is 7.44. The molecule has 2 aromatic rings. The van der Waals surface area contributed by atoms with Crippen LogP contribution in [-0.2, 0) is 6.18 Å². The molecule has 1 aromatic carbocycles. The van der Waals surface area contributed by atoms with Crippen molar-refractivity contribution >= 4 is 23.5 Å². The zero-order chi connectivity index (χ0) is 17.2. The van der Waals surface area contributed by atoms with Crippen LogP contribution in [0.2, 0.25) is 0 Å². The minimum absolute atomic E-state index is 0.132. The number of rotatable bonds is 3. The van der Waals surface area contributed by atoms with Crippen LogP contribution >= 0.6 is 11.3 Å². The van der Waals surface area contributed by atoms with Gasteiger partial charge in [0.15, 0.2) is 0 Å². The number of benzene rings is 1. The van der Waals surface area contributed by atoms with Crippen LogP contribution < -0.4 is 9.75 Å². The molecular weight excluding hydrogens is 321 g/mol. The number of hydrogen-bond acceptors (Lipinski definition) is 2. The van der Waals surface area contributed by atoms with Gasteiger partial charge in [0, 0.05) is 9.41 Å². The average Bonchev–Trinajstić information content (AvgIpc) is 2.77. The lowest BCUT2D eigenvalue weighted by atomic mass is 9.98. The number of alkyl halides is 3. The number of aliphatic hydroxyl groups excluding tert-OH is 1. The first kappa shape index (κ1) is 17.3. The van der Waals surface area contributed by atoms with Gasteiger partial charge in [0.2, 0.25) is 0 Å². The molecule has 0 saturated carbocycles. The standard InChI is InChI=1S/C18H17F3OS/c1-11(22)7-8-16(17-9-12(2)23-13(17)3)14-5-4-6-15(10-14)18(19,20)21/h4-7,9-10,22H,3,8H2,1-2H3/b11-7+,17-16+. The highest BCUT2D eigenvalue weighted by molar-refractivity contribution is 7.09. The molecule has 0 aliphatic rings. The molecule has 0 unspecified atom stereocenters. The average molecular weight is 338 g/mol. The van der Waals surface area contributed by atoms with Crippen LogP contribution in [0.4, 0.5) is 13.2 Å². The molecule has 2 rings (SSSR count). The van der Waals surface area contributed by atoms with Gasteiger partial charge in [-0.3, -0.25) is 0 Å². The number of allylic oxidation sites excluding steroid dienone is 2. The predicted molar refractivity (Wildman–Crippen MR) is 88.8 cm³/mol. The Bertz CT molecular complexity index is 840. The Morgan fingerprint density at radius 2 is 2.00 bits per heavy atom. The first-order valence-electron chi connectivity index (χ1n) is 7.00. The van der Waals surface area contributed by atoms with E-state index in [2.05, 4.69) is 6.58 Å². The van der Waals surface area contributed by atoms with Gasteiger partial charge in [0.05, 0.1) is 11.3 Å². The fraction of sp³-hybridized carbons (Fsp3) is 0.222. The number of halogens is 3. The molecule has 0 aliphatic heterocycles. The monoisotopic (exact) mass is 338 g/mol. The van der Waals surface area contributed by atoms with E-state index in [0.717, 1.165) is 32.3 Å². The lowest BCUT2D eigenvalue weighted by molar-refractivity contribution is -0.137. The molecule has 122 valence electrons. The Labute approximate surface area is 136 Å². The van der Waals surface area contributed by atoms with Crippen molar-refractivity contribution in [3.05, 3.63) is 67.9 Å². The van der Waals surface area contributed by atoms with Crippen molar-refractivity contribution in [1.82, 2.24) is 0 Å². The summed E-state index contributed by atoms with van der Waals surface area (Å²) in [5.74, 6) is 0.132. The molecule has 23 heavy (non-hydrogen) atoms. The van der Waals surface area contributed by atoms with Gasteiger partial charge >= 0.3 is 6.18 Å². The lowest BCUT2D eigenvalue weighted by Crippen LogP contribution is -2.20. The fourth-order valence-corrected chi connectivity index (χ4v) is 3.19. The van der Waals surface area contributed by atoms with E-state index >= 15 is 0 Å². The van der Waals surface area contributed by atoms with Gasteiger partial charge in [-0.25, -0.2) is 0 Å². The molecule has 1 heterocycles. The molecule has 0 bridgehead atoms. The minimum Gasteiger partial charge on any atom is -0.513 e. The van der Waals surface area contributed by atoms with E-state index in [0.29, 0.717) is 12.0 Å². The number of thiophene rings is 1. The highest BCUT2D eigenvalue weighted by atomic mass is 32.1. The zero-order valence-electron chi connectivity index (χ0n) is 12.9. The van der Waals surface area contributed by atoms with Gasteiger partial charge in [-0.1, -0.05) is 18.7 Å². The van der Waals surface area contributed by atoms with E-state index in [1.165, 1.54) is 24.3 Å². The quantitative estimate of drug-likeness (QED) is 0.815. The maximum Gasteiger partial charge on any atom is 0.416 e. The van der Waals surface area contributed by atoms with E-state index in [1.54, 1.807) is 12.1 Å². The Hall–Kier alpha value is -2.01. The zero-order valence-corrected chi connectivity index (χ0v) is 13.7. The Balaban J connectivity index is 2.70. The summed E-state index contributed by atoms with van der Waals surface area (Å²) < 4.78 is 39.7. The van der Waals surface area contributed by atoms with Crippen LogP contribution in [0.15, 0.2) is 42.2 Å². The highest BCUT2D eigenvalue weighted by Gasteiger charge is 2.30. The molecule has 5 heteroatoms. The Kier molecular flexibility index (Phi) is 5.00. The minimum atomic E-state index is -4.39. The number of aryl methyl sites for hydroxylation is 1. The molecule has 0 aliphatic carbocycles. The molecule has 0 radical (unpaired) electrons. The predicted octanol–water partition coefficient (Wildman–Crippen LogP) is 4.54. The molecule has 0 atom stereocenters.